The molecule has 0 saturated heterocycles. The average molecular weight is 567 g/mol. The summed E-state index contributed by atoms with van der Waals surface area (Å²) < 4.78 is 1.60. The summed E-state index contributed by atoms with van der Waals surface area (Å²) in [6.45, 7) is 4.31. The van der Waals surface area contributed by atoms with E-state index in [9.17, 15) is 9.59 Å². The molecule has 5 rings (SSSR count). The van der Waals surface area contributed by atoms with Gasteiger partial charge in [-0.2, -0.15) is 0 Å². The first-order valence-electron chi connectivity index (χ1n) is 14.3. The Balaban J connectivity index is 1.27. The lowest BCUT2D eigenvalue weighted by molar-refractivity contribution is -0.122. The number of fused-ring (bicyclic) bond motifs is 1. The summed E-state index contributed by atoms with van der Waals surface area (Å²) in [4.78, 5) is 34.5. The molecule has 10 nitrogen and oxygen atoms in total. The van der Waals surface area contributed by atoms with Crippen LogP contribution >= 0.6 is 11.6 Å². The zero-order valence-corrected chi connectivity index (χ0v) is 24.2. The quantitative estimate of drug-likeness (QED) is 0.221. The summed E-state index contributed by atoms with van der Waals surface area (Å²) in [6.07, 6.45) is 10.8. The van der Waals surface area contributed by atoms with Crippen molar-refractivity contribution in [1.29, 1.82) is 0 Å². The molecule has 3 heterocycles. The molecule has 1 atom stereocenters. The minimum atomic E-state index is -0.334. The third-order valence-corrected chi connectivity index (χ3v) is 7.96. The molecule has 4 N–H and O–H groups in total. The summed E-state index contributed by atoms with van der Waals surface area (Å²) in [5, 5.41) is 18.3. The number of nitrogens with one attached hydrogen (secondary N) is 4. The highest BCUT2D eigenvalue weighted by Gasteiger charge is 2.28. The van der Waals surface area contributed by atoms with Crippen LogP contribution in [-0.2, 0) is 4.79 Å². The number of Topliss-reactive ketones (excluding diaryl/α,β-unsaturated/α-hetero) is 1. The molecule has 0 spiro atoms. The van der Waals surface area contributed by atoms with Crippen LogP contribution in [0.3, 0.4) is 0 Å². The Kier molecular flexibility index (Phi) is 8.85. The molecule has 3 aromatic rings. The van der Waals surface area contributed by atoms with E-state index in [4.69, 9.17) is 16.7 Å². The number of hydrogen-bond donors (Lipinski definition) is 4. The highest BCUT2D eigenvalue weighted by Crippen LogP contribution is 2.32. The zero-order chi connectivity index (χ0) is 28.2. The Morgan fingerprint density at radius 1 is 1.05 bits per heavy atom. The van der Waals surface area contributed by atoms with Gasteiger partial charge in [0.2, 0.25) is 0 Å². The van der Waals surface area contributed by atoms with Gasteiger partial charge in [0.1, 0.15) is 16.8 Å². The number of carbonyl (C=O) groups is 2. The van der Waals surface area contributed by atoms with Gasteiger partial charge in [-0.25, -0.2) is 14.5 Å². The molecule has 1 amide bonds. The Bertz CT molecular complexity index is 1350. The fourth-order valence-electron chi connectivity index (χ4n) is 5.45. The smallest absolute Gasteiger partial charge is 0.276 e. The van der Waals surface area contributed by atoms with E-state index in [2.05, 4.69) is 45.1 Å². The van der Waals surface area contributed by atoms with E-state index in [1.54, 1.807) is 29.0 Å². The second-order valence-electron chi connectivity index (χ2n) is 11.6. The van der Waals surface area contributed by atoms with Crippen molar-refractivity contribution in [3.63, 3.8) is 0 Å². The van der Waals surface area contributed by atoms with Gasteiger partial charge >= 0.3 is 0 Å². The van der Waals surface area contributed by atoms with E-state index < -0.39 is 0 Å². The lowest BCUT2D eigenvalue weighted by atomic mass is 9.81. The van der Waals surface area contributed by atoms with Gasteiger partial charge in [-0.3, -0.25) is 9.59 Å². The normalized spacial score (nSPS) is 19.9. The number of rotatable bonds is 12. The molecular formula is C29H39ClN8O2. The minimum Gasteiger partial charge on any atom is -0.379 e. The standard InChI is InChI=1S/C29H39ClN8O2/c1-17(2)12-22(31-3)25(39)13-18-4-6-20(7-5-18)35-27-15-23(34-19-8-9-19)28-33-16-24(38(28)37-27)29(40)36-21-10-11-32-26(30)14-21/h10-11,14-20,22,31,34H,4-9,12-13H2,1-3H3,(H,35,37)(H,32,36,40)/t18?,20?,22-/m0/s1. The monoisotopic (exact) mass is 566 g/mol. The Morgan fingerprint density at radius 3 is 2.45 bits per heavy atom. The molecular weight excluding hydrogens is 528 g/mol. The Morgan fingerprint density at radius 2 is 1.77 bits per heavy atom. The molecule has 2 aliphatic carbocycles. The van der Waals surface area contributed by atoms with Gasteiger partial charge in [-0.05, 0) is 76.0 Å². The number of amides is 1. The van der Waals surface area contributed by atoms with Crippen LogP contribution in [0.2, 0.25) is 5.15 Å². The molecule has 0 aliphatic heterocycles. The summed E-state index contributed by atoms with van der Waals surface area (Å²) in [7, 11) is 1.88. The van der Waals surface area contributed by atoms with Crippen molar-refractivity contribution in [3.05, 3.63) is 41.4 Å². The Labute approximate surface area is 240 Å². The van der Waals surface area contributed by atoms with Crippen LogP contribution in [0.15, 0.2) is 30.6 Å². The van der Waals surface area contributed by atoms with E-state index in [1.807, 2.05) is 13.1 Å². The first kappa shape index (κ1) is 28.3. The summed E-state index contributed by atoms with van der Waals surface area (Å²) in [5.41, 5.74) is 2.34. The second kappa shape index (κ2) is 12.5. The second-order valence-corrected chi connectivity index (χ2v) is 12.0. The number of carbonyl (C=O) groups excluding carboxylic acids is 2. The largest absolute Gasteiger partial charge is 0.379 e. The van der Waals surface area contributed by atoms with Crippen LogP contribution in [0.1, 0.15) is 75.7 Å². The first-order chi connectivity index (χ1) is 19.3. The van der Waals surface area contributed by atoms with Crippen LogP contribution in [-0.4, -0.2) is 56.4 Å². The maximum atomic E-state index is 13.2. The number of likely N-dealkylation sites (N-methyl/N-ethyl adjacent to an activating group) is 1. The predicted molar refractivity (Wildman–Crippen MR) is 158 cm³/mol. The van der Waals surface area contributed by atoms with Crippen LogP contribution in [0.5, 0.6) is 0 Å². The number of aromatic nitrogens is 4. The predicted octanol–water partition coefficient (Wildman–Crippen LogP) is 5.17. The van der Waals surface area contributed by atoms with E-state index in [0.29, 0.717) is 58.1 Å². The van der Waals surface area contributed by atoms with Crippen molar-refractivity contribution in [2.45, 2.75) is 83.3 Å². The fourth-order valence-corrected chi connectivity index (χ4v) is 5.63. The molecule has 40 heavy (non-hydrogen) atoms. The molecule has 2 fully saturated rings. The number of imidazole rings is 1. The number of ketones is 1. The molecule has 0 unspecified atom stereocenters. The van der Waals surface area contributed by atoms with Gasteiger partial charge < -0.3 is 21.3 Å². The summed E-state index contributed by atoms with van der Waals surface area (Å²) in [6, 6.07) is 5.88. The summed E-state index contributed by atoms with van der Waals surface area (Å²) >= 11 is 5.98. The molecule has 0 bridgehead atoms. The number of hydrogen-bond acceptors (Lipinski definition) is 8. The lowest BCUT2D eigenvalue weighted by Crippen LogP contribution is -2.37. The van der Waals surface area contributed by atoms with E-state index in [0.717, 1.165) is 50.6 Å². The fraction of sp³-hybridized carbons (Fsp3) is 0.552. The average Bonchev–Trinajstić information content (AvgIpc) is 3.63. The van der Waals surface area contributed by atoms with Crippen LogP contribution < -0.4 is 21.3 Å². The minimum absolute atomic E-state index is 0.0544. The third kappa shape index (κ3) is 7.09. The molecule has 0 aromatic carbocycles. The van der Waals surface area contributed by atoms with Crippen molar-refractivity contribution in [2.24, 2.45) is 11.8 Å². The van der Waals surface area contributed by atoms with Crippen molar-refractivity contribution >= 4 is 46.1 Å². The SMILES string of the molecule is CN[C@@H](CC(C)C)C(=O)CC1CCC(Nc2cc(NC3CC3)c3ncc(C(=O)Nc4ccnc(Cl)c4)n3n2)CC1. The van der Waals surface area contributed by atoms with Gasteiger partial charge in [0.05, 0.1) is 17.9 Å². The molecule has 11 heteroatoms. The van der Waals surface area contributed by atoms with Crippen LogP contribution in [0.4, 0.5) is 17.2 Å². The van der Waals surface area contributed by atoms with Gasteiger partial charge in [0.15, 0.2) is 11.3 Å². The maximum Gasteiger partial charge on any atom is 0.276 e. The van der Waals surface area contributed by atoms with Crippen molar-refractivity contribution < 1.29 is 9.59 Å². The van der Waals surface area contributed by atoms with E-state index >= 15 is 0 Å². The zero-order valence-electron chi connectivity index (χ0n) is 23.4. The topological polar surface area (TPSA) is 125 Å². The molecule has 0 radical (unpaired) electrons. The van der Waals surface area contributed by atoms with Crippen LogP contribution in [0, 0.1) is 11.8 Å². The summed E-state index contributed by atoms with van der Waals surface area (Å²) in [5.74, 6) is 1.60. The van der Waals surface area contributed by atoms with E-state index in [-0.39, 0.29) is 18.0 Å². The first-order valence-corrected chi connectivity index (χ1v) is 14.7. The number of anilines is 3. The van der Waals surface area contributed by atoms with Crippen molar-refractivity contribution in [2.75, 3.05) is 23.0 Å². The molecule has 2 saturated carbocycles. The molecule has 214 valence electrons. The highest BCUT2D eigenvalue weighted by molar-refractivity contribution is 6.29. The molecule has 3 aromatic heterocycles. The Hall–Kier alpha value is -3.24. The number of nitrogens with zero attached hydrogens (tertiary/aromatic N) is 4. The van der Waals surface area contributed by atoms with Gasteiger partial charge in [-0.15, -0.1) is 5.10 Å². The van der Waals surface area contributed by atoms with Crippen LogP contribution in [0.25, 0.3) is 5.65 Å². The maximum absolute atomic E-state index is 13.2. The van der Waals surface area contributed by atoms with E-state index in [1.165, 1.54) is 0 Å². The van der Waals surface area contributed by atoms with Gasteiger partial charge in [0, 0.05) is 36.5 Å². The number of halogens is 1. The third-order valence-electron chi connectivity index (χ3n) is 7.75. The molecule has 2 aliphatic rings. The number of pyridine rings is 1. The van der Waals surface area contributed by atoms with Crippen molar-refractivity contribution in [3.8, 4) is 0 Å². The van der Waals surface area contributed by atoms with Gasteiger partial charge in [0.25, 0.3) is 5.91 Å². The highest BCUT2D eigenvalue weighted by atomic mass is 35.5. The lowest BCUT2D eigenvalue weighted by Gasteiger charge is -2.30. The van der Waals surface area contributed by atoms with Gasteiger partial charge in [-0.1, -0.05) is 25.4 Å². The van der Waals surface area contributed by atoms with Crippen molar-refractivity contribution in [1.82, 2.24) is 24.9 Å².